The van der Waals surface area contributed by atoms with Crippen molar-refractivity contribution in [1.82, 2.24) is 14.9 Å². The van der Waals surface area contributed by atoms with E-state index in [-0.39, 0.29) is 18.2 Å². The second kappa shape index (κ2) is 3.76. The molecule has 0 aliphatic carbocycles. The van der Waals surface area contributed by atoms with Gasteiger partial charge >= 0.3 is 0 Å². The number of carbonyl (C=O) groups is 2. The lowest BCUT2D eigenvalue weighted by Gasteiger charge is -2.12. The molecule has 0 aromatic carbocycles. The number of nitrogens with two attached hydrogens (primary N) is 1. The minimum absolute atomic E-state index is 0.124. The molecule has 84 valence electrons. The number of rotatable bonds is 2. The van der Waals surface area contributed by atoms with Gasteiger partial charge in [0.1, 0.15) is 12.4 Å². The molecule has 1 unspecified atom stereocenters. The smallest absolute Gasteiger partial charge is 0.251 e. The first-order chi connectivity index (χ1) is 7.59. The number of amides is 2. The van der Waals surface area contributed by atoms with Gasteiger partial charge in [0.15, 0.2) is 5.82 Å². The van der Waals surface area contributed by atoms with Crippen molar-refractivity contribution in [2.45, 2.75) is 12.5 Å². The zero-order valence-corrected chi connectivity index (χ0v) is 8.67. The van der Waals surface area contributed by atoms with Crippen LogP contribution in [0.15, 0.2) is 12.5 Å². The third-order valence-corrected chi connectivity index (χ3v) is 2.43. The van der Waals surface area contributed by atoms with Crippen molar-refractivity contribution < 1.29 is 9.59 Å². The quantitative estimate of drug-likeness (QED) is 0.636. The monoisotopic (exact) mass is 221 g/mol. The Morgan fingerprint density at radius 1 is 1.56 bits per heavy atom. The summed E-state index contributed by atoms with van der Waals surface area (Å²) in [6.45, 7) is 0. The van der Waals surface area contributed by atoms with Crippen molar-refractivity contribution in [3.05, 3.63) is 12.5 Å². The van der Waals surface area contributed by atoms with Crippen LogP contribution in [0.25, 0.3) is 0 Å². The Hall–Kier alpha value is -2.18. The van der Waals surface area contributed by atoms with E-state index in [0.717, 1.165) is 4.90 Å². The summed E-state index contributed by atoms with van der Waals surface area (Å²) in [6.07, 6.45) is 2.88. The van der Waals surface area contributed by atoms with Crippen molar-refractivity contribution in [2.24, 2.45) is 0 Å². The molecule has 0 saturated carbocycles. The standard InChI is InChI=1S/C9H11N5O2/c1-14-7(15)2-6(9(14)16)13-8-5(10)3-11-4-12-8/h3-4,6H,2,10H2,1H3,(H,11,12,13). The van der Waals surface area contributed by atoms with Crippen LogP contribution in [0.2, 0.25) is 0 Å². The molecule has 7 heteroatoms. The molecule has 2 rings (SSSR count). The lowest BCUT2D eigenvalue weighted by Crippen LogP contribution is -2.32. The summed E-state index contributed by atoms with van der Waals surface area (Å²) >= 11 is 0. The molecule has 1 aliphatic heterocycles. The number of hydrogen-bond acceptors (Lipinski definition) is 6. The fraction of sp³-hybridized carbons (Fsp3) is 0.333. The number of nitrogens with one attached hydrogen (secondary N) is 1. The topological polar surface area (TPSA) is 101 Å². The molecule has 1 aliphatic rings. The van der Waals surface area contributed by atoms with Crippen LogP contribution >= 0.6 is 0 Å². The molecule has 0 spiro atoms. The van der Waals surface area contributed by atoms with Crippen molar-refractivity contribution in [3.8, 4) is 0 Å². The number of nitrogen functional groups attached to an aromatic ring is 1. The van der Waals surface area contributed by atoms with E-state index >= 15 is 0 Å². The Kier molecular flexibility index (Phi) is 2.43. The first-order valence-corrected chi connectivity index (χ1v) is 4.72. The van der Waals surface area contributed by atoms with E-state index < -0.39 is 6.04 Å². The van der Waals surface area contributed by atoms with Crippen molar-refractivity contribution in [2.75, 3.05) is 18.1 Å². The van der Waals surface area contributed by atoms with Gasteiger partial charge < -0.3 is 11.1 Å². The van der Waals surface area contributed by atoms with Gasteiger partial charge in [-0.05, 0) is 0 Å². The molecule has 1 aromatic heterocycles. The second-order valence-electron chi connectivity index (χ2n) is 3.52. The maximum absolute atomic E-state index is 11.6. The van der Waals surface area contributed by atoms with E-state index in [9.17, 15) is 9.59 Å². The highest BCUT2D eigenvalue weighted by molar-refractivity contribution is 6.06. The molecule has 0 radical (unpaired) electrons. The lowest BCUT2D eigenvalue weighted by atomic mass is 10.2. The van der Waals surface area contributed by atoms with Crippen molar-refractivity contribution in [3.63, 3.8) is 0 Å². The summed E-state index contributed by atoms with van der Waals surface area (Å²) in [7, 11) is 1.45. The SMILES string of the molecule is CN1C(=O)CC(Nc2ncncc2N)C1=O. The molecule has 1 atom stereocenters. The fourth-order valence-electron chi connectivity index (χ4n) is 1.49. The molecule has 7 nitrogen and oxygen atoms in total. The summed E-state index contributed by atoms with van der Waals surface area (Å²) in [4.78, 5) is 31.6. The van der Waals surface area contributed by atoms with Crippen LogP contribution in [-0.2, 0) is 9.59 Å². The van der Waals surface area contributed by atoms with Crippen LogP contribution in [0.3, 0.4) is 0 Å². The van der Waals surface area contributed by atoms with Gasteiger partial charge in [0.05, 0.1) is 18.3 Å². The van der Waals surface area contributed by atoms with E-state index in [1.165, 1.54) is 19.6 Å². The number of likely N-dealkylation sites (tertiary alicyclic amines) is 1. The van der Waals surface area contributed by atoms with E-state index in [1.54, 1.807) is 0 Å². The first-order valence-electron chi connectivity index (χ1n) is 4.72. The predicted molar refractivity (Wildman–Crippen MR) is 56.2 cm³/mol. The summed E-state index contributed by atoms with van der Waals surface area (Å²) in [5, 5.41) is 2.83. The van der Waals surface area contributed by atoms with Crippen LogP contribution in [0.1, 0.15) is 6.42 Å². The van der Waals surface area contributed by atoms with Gasteiger partial charge in [-0.25, -0.2) is 9.97 Å². The minimum Gasteiger partial charge on any atom is -0.394 e. The highest BCUT2D eigenvalue weighted by Crippen LogP contribution is 2.18. The lowest BCUT2D eigenvalue weighted by molar-refractivity contribution is -0.136. The molecule has 1 saturated heterocycles. The number of anilines is 2. The third kappa shape index (κ3) is 1.67. The maximum Gasteiger partial charge on any atom is 0.251 e. The van der Waals surface area contributed by atoms with E-state index in [1.807, 2.05) is 0 Å². The number of likely N-dealkylation sites (N-methyl/N-ethyl adjacent to an activating group) is 1. The maximum atomic E-state index is 11.6. The molecule has 2 amide bonds. The third-order valence-electron chi connectivity index (χ3n) is 2.43. The molecule has 16 heavy (non-hydrogen) atoms. The fourth-order valence-corrected chi connectivity index (χ4v) is 1.49. The summed E-state index contributed by atoms with van der Waals surface area (Å²) in [5.41, 5.74) is 5.96. The Bertz CT molecular complexity index is 447. The Morgan fingerprint density at radius 2 is 2.31 bits per heavy atom. The van der Waals surface area contributed by atoms with Gasteiger partial charge in [-0.2, -0.15) is 0 Å². The van der Waals surface area contributed by atoms with E-state index in [4.69, 9.17) is 5.73 Å². The molecular weight excluding hydrogens is 210 g/mol. The van der Waals surface area contributed by atoms with E-state index in [2.05, 4.69) is 15.3 Å². The average Bonchev–Trinajstić information content (AvgIpc) is 2.50. The van der Waals surface area contributed by atoms with Crippen molar-refractivity contribution >= 4 is 23.3 Å². The summed E-state index contributed by atoms with van der Waals surface area (Å²) < 4.78 is 0. The summed E-state index contributed by atoms with van der Waals surface area (Å²) in [6, 6.07) is -0.588. The first kappa shape index (κ1) is 10.3. The Labute approximate surface area is 91.7 Å². The van der Waals surface area contributed by atoms with Gasteiger partial charge in [0.2, 0.25) is 5.91 Å². The average molecular weight is 221 g/mol. The molecule has 1 fully saturated rings. The van der Waals surface area contributed by atoms with Gasteiger partial charge in [0, 0.05) is 7.05 Å². The minimum atomic E-state index is -0.588. The van der Waals surface area contributed by atoms with Crippen LogP contribution in [0.4, 0.5) is 11.5 Å². The number of imide groups is 1. The predicted octanol–water partition coefficient (Wildman–Crippen LogP) is -0.772. The van der Waals surface area contributed by atoms with Gasteiger partial charge in [0.25, 0.3) is 5.91 Å². The number of nitrogens with zero attached hydrogens (tertiary/aromatic N) is 3. The van der Waals surface area contributed by atoms with Gasteiger partial charge in [-0.3, -0.25) is 14.5 Å². The normalized spacial score (nSPS) is 20.3. The highest BCUT2D eigenvalue weighted by Gasteiger charge is 2.36. The number of aromatic nitrogens is 2. The second-order valence-corrected chi connectivity index (χ2v) is 3.52. The summed E-state index contributed by atoms with van der Waals surface area (Å²) in [5.74, 6) is -0.116. The molecule has 3 N–H and O–H groups in total. The largest absolute Gasteiger partial charge is 0.394 e. The van der Waals surface area contributed by atoms with Gasteiger partial charge in [-0.15, -0.1) is 0 Å². The molecule has 2 heterocycles. The zero-order chi connectivity index (χ0) is 11.7. The Balaban J connectivity index is 2.15. The number of hydrogen-bond donors (Lipinski definition) is 2. The van der Waals surface area contributed by atoms with Gasteiger partial charge in [-0.1, -0.05) is 0 Å². The van der Waals surface area contributed by atoms with Crippen LogP contribution < -0.4 is 11.1 Å². The molecular formula is C9H11N5O2. The van der Waals surface area contributed by atoms with Crippen LogP contribution in [0, 0.1) is 0 Å². The van der Waals surface area contributed by atoms with Crippen molar-refractivity contribution in [1.29, 1.82) is 0 Å². The molecule has 1 aromatic rings. The highest BCUT2D eigenvalue weighted by atomic mass is 16.2. The molecule has 0 bridgehead atoms. The number of carbonyl (C=O) groups excluding carboxylic acids is 2. The Morgan fingerprint density at radius 3 is 2.88 bits per heavy atom. The van der Waals surface area contributed by atoms with E-state index in [0.29, 0.717) is 11.5 Å². The van der Waals surface area contributed by atoms with Crippen LogP contribution in [0.5, 0.6) is 0 Å². The zero-order valence-electron chi connectivity index (χ0n) is 8.67. The van der Waals surface area contributed by atoms with Crippen LogP contribution in [-0.4, -0.2) is 39.8 Å².